The van der Waals surface area contributed by atoms with Crippen LogP contribution in [0, 0.1) is 0 Å². The van der Waals surface area contributed by atoms with Crippen LogP contribution in [0.25, 0.3) is 0 Å². The van der Waals surface area contributed by atoms with E-state index < -0.39 is 0 Å². The van der Waals surface area contributed by atoms with Crippen LogP contribution in [0.15, 0.2) is 18.2 Å². The minimum Gasteiger partial charge on any atom is -0.383 e. The molecule has 3 nitrogen and oxygen atoms in total. The number of benzene rings is 1. The molecule has 102 valence electrons. The van der Waals surface area contributed by atoms with Crippen LogP contribution in [-0.4, -0.2) is 32.8 Å². The molecule has 0 aliphatic rings. The molecule has 0 heterocycles. The van der Waals surface area contributed by atoms with Gasteiger partial charge >= 0.3 is 0 Å². The molecule has 18 heavy (non-hydrogen) atoms. The van der Waals surface area contributed by atoms with Crippen LogP contribution < -0.4 is 10.6 Å². The first-order chi connectivity index (χ1) is 8.63. The normalized spacial score (nSPS) is 12.5. The number of ether oxygens (including phenoxy) is 1. The molecule has 0 saturated carbocycles. The highest BCUT2D eigenvalue weighted by atomic mass is 35.5. The van der Waals surface area contributed by atoms with E-state index in [2.05, 4.69) is 30.9 Å². The van der Waals surface area contributed by atoms with Gasteiger partial charge in [-0.2, -0.15) is 0 Å². The molecule has 1 atom stereocenters. The molecule has 1 rings (SSSR count). The van der Waals surface area contributed by atoms with Crippen molar-refractivity contribution in [1.82, 2.24) is 0 Å². The minimum absolute atomic E-state index is 0.304. The van der Waals surface area contributed by atoms with E-state index in [4.69, 9.17) is 22.1 Å². The number of nitrogens with two attached hydrogens (primary N) is 1. The van der Waals surface area contributed by atoms with E-state index in [0.717, 1.165) is 23.7 Å². The van der Waals surface area contributed by atoms with Gasteiger partial charge in [-0.3, -0.25) is 0 Å². The lowest BCUT2D eigenvalue weighted by atomic mass is 10.1. The van der Waals surface area contributed by atoms with Crippen molar-refractivity contribution in [3.63, 3.8) is 0 Å². The number of rotatable bonds is 7. The van der Waals surface area contributed by atoms with Gasteiger partial charge in [-0.1, -0.05) is 17.7 Å². The number of halogens is 1. The number of anilines is 1. The van der Waals surface area contributed by atoms with Gasteiger partial charge < -0.3 is 15.4 Å². The fraction of sp³-hybridized carbons (Fsp3) is 0.571. The van der Waals surface area contributed by atoms with Gasteiger partial charge in [0.05, 0.1) is 17.3 Å². The fourth-order valence-corrected chi connectivity index (χ4v) is 2.47. The molecule has 0 fully saturated rings. The standard InChI is InChI=1S/C14H23ClN2O/c1-4-17(11(2)10-18-3)14-6-5-12(7-8-16)9-13(14)15/h5-6,9,11H,4,7-8,10,16H2,1-3H3. The third-order valence-corrected chi connectivity index (χ3v) is 3.34. The first-order valence-corrected chi connectivity index (χ1v) is 6.75. The van der Waals surface area contributed by atoms with E-state index in [1.807, 2.05) is 6.07 Å². The lowest BCUT2D eigenvalue weighted by Gasteiger charge is -2.30. The number of nitrogens with zero attached hydrogens (tertiary/aromatic N) is 1. The summed E-state index contributed by atoms with van der Waals surface area (Å²) >= 11 is 6.36. The second kappa shape index (κ2) is 7.62. The van der Waals surface area contributed by atoms with Gasteiger partial charge in [-0.15, -0.1) is 0 Å². The van der Waals surface area contributed by atoms with Gasteiger partial charge in [0.1, 0.15) is 0 Å². The predicted molar refractivity (Wildman–Crippen MR) is 78.6 cm³/mol. The molecule has 1 aromatic rings. The van der Waals surface area contributed by atoms with Crippen LogP contribution in [0.2, 0.25) is 5.02 Å². The molecule has 2 N–H and O–H groups in total. The Balaban J connectivity index is 2.92. The van der Waals surface area contributed by atoms with Gasteiger partial charge in [0.15, 0.2) is 0 Å². The van der Waals surface area contributed by atoms with Crippen molar-refractivity contribution in [3.8, 4) is 0 Å². The van der Waals surface area contributed by atoms with Gasteiger partial charge in [-0.25, -0.2) is 0 Å². The van der Waals surface area contributed by atoms with Crippen molar-refractivity contribution < 1.29 is 4.74 Å². The van der Waals surface area contributed by atoms with Crippen LogP contribution in [0.1, 0.15) is 19.4 Å². The molecule has 0 bridgehead atoms. The highest BCUT2D eigenvalue weighted by Crippen LogP contribution is 2.28. The second-order valence-corrected chi connectivity index (χ2v) is 4.82. The summed E-state index contributed by atoms with van der Waals surface area (Å²) in [5, 5.41) is 0.783. The number of likely N-dealkylation sites (N-methyl/N-ethyl adjacent to an activating group) is 1. The summed E-state index contributed by atoms with van der Waals surface area (Å²) in [5.74, 6) is 0. The summed E-state index contributed by atoms with van der Waals surface area (Å²) in [7, 11) is 1.72. The number of hydrogen-bond donors (Lipinski definition) is 1. The second-order valence-electron chi connectivity index (χ2n) is 4.41. The van der Waals surface area contributed by atoms with E-state index in [1.165, 1.54) is 5.56 Å². The molecule has 1 unspecified atom stereocenters. The number of hydrogen-bond acceptors (Lipinski definition) is 3. The predicted octanol–water partition coefficient (Wildman–Crippen LogP) is 2.70. The summed E-state index contributed by atoms with van der Waals surface area (Å²) in [6.07, 6.45) is 0.861. The van der Waals surface area contributed by atoms with Crippen LogP contribution in [0.4, 0.5) is 5.69 Å². The maximum Gasteiger partial charge on any atom is 0.0663 e. The first-order valence-electron chi connectivity index (χ1n) is 6.38. The molecular formula is C14H23ClN2O. The quantitative estimate of drug-likeness (QED) is 0.828. The molecule has 0 aromatic heterocycles. The van der Waals surface area contributed by atoms with E-state index in [9.17, 15) is 0 Å². The average Bonchev–Trinajstić information content (AvgIpc) is 2.33. The highest BCUT2D eigenvalue weighted by Gasteiger charge is 2.15. The Bertz CT molecular complexity index is 371. The third-order valence-electron chi connectivity index (χ3n) is 3.04. The van der Waals surface area contributed by atoms with Crippen LogP contribution in [0.3, 0.4) is 0 Å². The Morgan fingerprint density at radius 3 is 2.67 bits per heavy atom. The van der Waals surface area contributed by atoms with Crippen LogP contribution >= 0.6 is 11.6 Å². The van der Waals surface area contributed by atoms with Gasteiger partial charge in [0, 0.05) is 19.7 Å². The Kier molecular flexibility index (Phi) is 6.47. The lowest BCUT2D eigenvalue weighted by Crippen LogP contribution is -2.36. The SMILES string of the molecule is CCN(c1ccc(CCN)cc1Cl)C(C)COC. The molecular weight excluding hydrogens is 248 g/mol. The largest absolute Gasteiger partial charge is 0.383 e. The van der Waals surface area contributed by atoms with Crippen molar-refractivity contribution in [2.24, 2.45) is 5.73 Å². The monoisotopic (exact) mass is 270 g/mol. The van der Waals surface area contributed by atoms with Crippen molar-refractivity contribution in [2.45, 2.75) is 26.3 Å². The molecule has 0 aliphatic heterocycles. The zero-order valence-corrected chi connectivity index (χ0v) is 12.2. The molecule has 0 radical (unpaired) electrons. The summed E-state index contributed by atoms with van der Waals surface area (Å²) in [5.41, 5.74) is 7.79. The van der Waals surface area contributed by atoms with Crippen LogP contribution in [0.5, 0.6) is 0 Å². The summed E-state index contributed by atoms with van der Waals surface area (Å²) in [6.45, 7) is 6.50. The molecule has 0 spiro atoms. The Labute approximate surface area is 115 Å². The van der Waals surface area contributed by atoms with Crippen molar-refractivity contribution in [3.05, 3.63) is 28.8 Å². The third kappa shape index (κ3) is 3.87. The smallest absolute Gasteiger partial charge is 0.0663 e. The highest BCUT2D eigenvalue weighted by molar-refractivity contribution is 6.33. The lowest BCUT2D eigenvalue weighted by molar-refractivity contribution is 0.182. The van der Waals surface area contributed by atoms with Crippen molar-refractivity contribution >= 4 is 17.3 Å². The maximum atomic E-state index is 6.36. The topological polar surface area (TPSA) is 38.5 Å². The van der Waals surface area contributed by atoms with E-state index in [-0.39, 0.29) is 0 Å². The summed E-state index contributed by atoms with van der Waals surface area (Å²) in [4.78, 5) is 2.25. The zero-order valence-electron chi connectivity index (χ0n) is 11.4. The first kappa shape index (κ1) is 15.3. The van der Waals surface area contributed by atoms with Crippen LogP contribution in [-0.2, 0) is 11.2 Å². The van der Waals surface area contributed by atoms with E-state index in [0.29, 0.717) is 19.2 Å². The minimum atomic E-state index is 0.304. The number of methoxy groups -OCH3 is 1. The Morgan fingerprint density at radius 1 is 1.44 bits per heavy atom. The molecule has 0 aliphatic carbocycles. The van der Waals surface area contributed by atoms with Gasteiger partial charge in [0.25, 0.3) is 0 Å². The van der Waals surface area contributed by atoms with Gasteiger partial charge in [0.2, 0.25) is 0 Å². The molecule has 0 saturated heterocycles. The maximum absolute atomic E-state index is 6.36. The summed E-state index contributed by atoms with van der Waals surface area (Å²) in [6, 6.07) is 6.48. The Hall–Kier alpha value is -0.770. The fourth-order valence-electron chi connectivity index (χ4n) is 2.16. The van der Waals surface area contributed by atoms with E-state index >= 15 is 0 Å². The average molecular weight is 271 g/mol. The van der Waals surface area contributed by atoms with Crippen molar-refractivity contribution in [1.29, 1.82) is 0 Å². The summed E-state index contributed by atoms with van der Waals surface area (Å²) < 4.78 is 5.21. The molecule has 0 amide bonds. The van der Waals surface area contributed by atoms with Gasteiger partial charge in [-0.05, 0) is 44.5 Å². The Morgan fingerprint density at radius 2 is 2.17 bits per heavy atom. The zero-order chi connectivity index (χ0) is 13.5. The van der Waals surface area contributed by atoms with Crippen molar-refractivity contribution in [2.75, 3.05) is 31.7 Å². The van der Waals surface area contributed by atoms with E-state index in [1.54, 1.807) is 7.11 Å². The molecule has 1 aromatic carbocycles. The molecule has 4 heteroatoms.